The second kappa shape index (κ2) is 4.76. The summed E-state index contributed by atoms with van der Waals surface area (Å²) in [7, 11) is 0. The summed E-state index contributed by atoms with van der Waals surface area (Å²) < 4.78 is 5.87. The van der Waals surface area contributed by atoms with Crippen LogP contribution in [-0.2, 0) is 16.0 Å². The minimum atomic E-state index is -0.205. The highest BCUT2D eigenvalue weighted by Gasteiger charge is 2.06. The summed E-state index contributed by atoms with van der Waals surface area (Å²) in [5.41, 5.74) is 0. The monoisotopic (exact) mass is 297 g/mol. The lowest BCUT2D eigenvalue weighted by atomic mass is 10.4. The normalized spacial score (nSPS) is 9.83. The number of nitrogens with zero attached hydrogens (tertiary/aromatic N) is 1. The number of halogens is 1. The van der Waals surface area contributed by atoms with Crippen LogP contribution in [0.4, 0.5) is 0 Å². The Balaban J connectivity index is 2.46. The van der Waals surface area contributed by atoms with Crippen LogP contribution in [-0.4, -0.2) is 17.6 Å². The first kappa shape index (κ1) is 9.91. The molecular weight excluding hydrogens is 289 g/mol. The third-order valence-electron chi connectivity index (χ3n) is 1.13. The molecule has 1 aromatic heterocycles. The Kier molecular flexibility index (Phi) is 3.93. The molecule has 3 nitrogen and oxygen atoms in total. The standard InChI is InChI=1S/C7H8INO2S/c1-2-11-7(10)3-6-9-4-5(8)12-6/h4H,2-3H2,1H3. The van der Waals surface area contributed by atoms with Crippen LogP contribution in [0.2, 0.25) is 0 Å². The van der Waals surface area contributed by atoms with Gasteiger partial charge >= 0.3 is 5.97 Å². The molecule has 0 atom stereocenters. The molecule has 0 bridgehead atoms. The first-order valence-electron chi connectivity index (χ1n) is 3.48. The fourth-order valence-electron chi connectivity index (χ4n) is 0.705. The predicted octanol–water partition coefficient (Wildman–Crippen LogP) is 1.85. The van der Waals surface area contributed by atoms with Crippen molar-refractivity contribution >= 4 is 39.9 Å². The Bertz CT molecular complexity index is 274. The lowest BCUT2D eigenvalue weighted by Gasteiger charge is -1.97. The van der Waals surface area contributed by atoms with Crippen LogP contribution in [0.3, 0.4) is 0 Å². The van der Waals surface area contributed by atoms with Crippen LogP contribution in [0, 0.1) is 2.88 Å². The van der Waals surface area contributed by atoms with Crippen molar-refractivity contribution in [2.24, 2.45) is 0 Å². The number of hydrogen-bond acceptors (Lipinski definition) is 4. The second-order valence-electron chi connectivity index (χ2n) is 2.04. The fraction of sp³-hybridized carbons (Fsp3) is 0.429. The smallest absolute Gasteiger partial charge is 0.312 e. The maximum absolute atomic E-state index is 11.0. The molecule has 0 aliphatic rings. The molecule has 5 heteroatoms. The SMILES string of the molecule is CCOC(=O)Cc1ncc(I)s1. The molecule has 0 radical (unpaired) electrons. The molecule has 66 valence electrons. The van der Waals surface area contributed by atoms with Gasteiger partial charge in [0.15, 0.2) is 0 Å². The number of thiazole rings is 1. The summed E-state index contributed by atoms with van der Waals surface area (Å²) in [5.74, 6) is -0.205. The third kappa shape index (κ3) is 3.06. The van der Waals surface area contributed by atoms with E-state index in [9.17, 15) is 4.79 Å². The number of ether oxygens (including phenoxy) is 1. The molecule has 0 N–H and O–H groups in total. The molecule has 1 heterocycles. The van der Waals surface area contributed by atoms with E-state index in [0.29, 0.717) is 13.0 Å². The number of rotatable bonds is 3. The molecule has 0 spiro atoms. The minimum absolute atomic E-state index is 0.205. The summed E-state index contributed by atoms with van der Waals surface area (Å²) in [5, 5.41) is 0.817. The lowest BCUT2D eigenvalue weighted by molar-refractivity contribution is -0.142. The van der Waals surface area contributed by atoms with Crippen molar-refractivity contribution in [2.45, 2.75) is 13.3 Å². The summed E-state index contributed by atoms with van der Waals surface area (Å²) in [6.45, 7) is 2.23. The van der Waals surface area contributed by atoms with E-state index in [0.717, 1.165) is 7.89 Å². The number of carbonyl (C=O) groups excluding carboxylic acids is 1. The number of esters is 1. The molecule has 0 aliphatic heterocycles. The largest absolute Gasteiger partial charge is 0.466 e. The number of aromatic nitrogens is 1. The summed E-state index contributed by atoms with van der Waals surface area (Å²) in [6.07, 6.45) is 2.04. The van der Waals surface area contributed by atoms with Crippen molar-refractivity contribution in [1.29, 1.82) is 0 Å². The molecule has 0 amide bonds. The van der Waals surface area contributed by atoms with Gasteiger partial charge < -0.3 is 4.74 Å². The topological polar surface area (TPSA) is 39.2 Å². The maximum Gasteiger partial charge on any atom is 0.312 e. The Morgan fingerprint density at radius 1 is 1.83 bits per heavy atom. The maximum atomic E-state index is 11.0. The first-order chi connectivity index (χ1) is 5.72. The van der Waals surface area contributed by atoms with Crippen molar-refractivity contribution in [3.63, 3.8) is 0 Å². The zero-order chi connectivity index (χ0) is 8.97. The van der Waals surface area contributed by atoms with Crippen LogP contribution in [0.1, 0.15) is 11.9 Å². The van der Waals surface area contributed by atoms with Gasteiger partial charge in [0.05, 0.1) is 22.1 Å². The van der Waals surface area contributed by atoms with Gasteiger partial charge in [0.25, 0.3) is 0 Å². The fourth-order valence-corrected chi connectivity index (χ4v) is 2.23. The van der Waals surface area contributed by atoms with E-state index in [4.69, 9.17) is 4.74 Å². The Morgan fingerprint density at radius 2 is 2.58 bits per heavy atom. The van der Waals surface area contributed by atoms with Crippen molar-refractivity contribution in [1.82, 2.24) is 4.98 Å². The van der Waals surface area contributed by atoms with Crippen molar-refractivity contribution < 1.29 is 9.53 Å². The van der Waals surface area contributed by atoms with Gasteiger partial charge in [-0.2, -0.15) is 0 Å². The number of hydrogen-bond donors (Lipinski definition) is 0. The molecule has 1 aromatic rings. The van der Waals surface area contributed by atoms with E-state index in [1.165, 1.54) is 11.3 Å². The molecule has 0 fully saturated rings. The van der Waals surface area contributed by atoms with Gasteiger partial charge in [0, 0.05) is 0 Å². The molecule has 0 aromatic carbocycles. The quantitative estimate of drug-likeness (QED) is 0.631. The van der Waals surface area contributed by atoms with Gasteiger partial charge in [-0.3, -0.25) is 4.79 Å². The van der Waals surface area contributed by atoms with Gasteiger partial charge in [-0.15, -0.1) is 11.3 Å². The zero-order valence-corrected chi connectivity index (χ0v) is 9.52. The highest BCUT2D eigenvalue weighted by Crippen LogP contribution is 2.15. The first-order valence-corrected chi connectivity index (χ1v) is 5.37. The number of carbonyl (C=O) groups is 1. The van der Waals surface area contributed by atoms with E-state index in [1.54, 1.807) is 13.1 Å². The summed E-state index contributed by atoms with van der Waals surface area (Å²) in [6, 6.07) is 0. The van der Waals surface area contributed by atoms with Crippen LogP contribution in [0.5, 0.6) is 0 Å². The summed E-state index contributed by atoms with van der Waals surface area (Å²) >= 11 is 3.69. The van der Waals surface area contributed by atoms with E-state index in [1.807, 2.05) is 0 Å². The predicted molar refractivity (Wildman–Crippen MR) is 55.2 cm³/mol. The van der Waals surface area contributed by atoms with E-state index in [2.05, 4.69) is 27.6 Å². The van der Waals surface area contributed by atoms with Crippen molar-refractivity contribution in [3.8, 4) is 0 Å². The van der Waals surface area contributed by atoms with Crippen LogP contribution in [0.15, 0.2) is 6.20 Å². The average molecular weight is 297 g/mol. The Labute approximate surface area is 88.3 Å². The zero-order valence-electron chi connectivity index (χ0n) is 6.54. The molecule has 0 saturated carbocycles. The highest BCUT2D eigenvalue weighted by molar-refractivity contribution is 14.1. The van der Waals surface area contributed by atoms with Gasteiger partial charge in [0.2, 0.25) is 0 Å². The molecular formula is C7H8INO2S. The van der Waals surface area contributed by atoms with Gasteiger partial charge in [0.1, 0.15) is 5.01 Å². The minimum Gasteiger partial charge on any atom is -0.466 e. The third-order valence-corrected chi connectivity index (χ3v) is 2.85. The van der Waals surface area contributed by atoms with Crippen LogP contribution in [0.25, 0.3) is 0 Å². The van der Waals surface area contributed by atoms with Crippen LogP contribution >= 0.6 is 33.9 Å². The highest BCUT2D eigenvalue weighted by atomic mass is 127. The van der Waals surface area contributed by atoms with E-state index >= 15 is 0 Å². The van der Waals surface area contributed by atoms with Crippen molar-refractivity contribution in [2.75, 3.05) is 6.61 Å². The lowest BCUT2D eigenvalue weighted by Crippen LogP contribution is -2.06. The molecule has 0 aliphatic carbocycles. The Hall–Kier alpha value is -0.170. The molecule has 1 rings (SSSR count). The van der Waals surface area contributed by atoms with Crippen molar-refractivity contribution in [3.05, 3.63) is 14.1 Å². The second-order valence-corrected chi connectivity index (χ2v) is 5.05. The summed E-state index contributed by atoms with van der Waals surface area (Å²) in [4.78, 5) is 15.0. The Morgan fingerprint density at radius 3 is 3.08 bits per heavy atom. The van der Waals surface area contributed by atoms with E-state index in [-0.39, 0.29) is 5.97 Å². The van der Waals surface area contributed by atoms with Crippen LogP contribution < -0.4 is 0 Å². The van der Waals surface area contributed by atoms with Gasteiger partial charge in [-0.1, -0.05) is 0 Å². The molecule has 0 unspecified atom stereocenters. The average Bonchev–Trinajstić information content (AvgIpc) is 2.36. The van der Waals surface area contributed by atoms with Gasteiger partial charge in [-0.05, 0) is 29.5 Å². The molecule has 0 saturated heterocycles. The van der Waals surface area contributed by atoms with E-state index < -0.39 is 0 Å². The molecule has 12 heavy (non-hydrogen) atoms. The van der Waals surface area contributed by atoms with Gasteiger partial charge in [-0.25, -0.2) is 4.98 Å².